The molecule has 100 valence electrons. The summed E-state index contributed by atoms with van der Waals surface area (Å²) in [6, 6.07) is 13.0. The predicted octanol–water partition coefficient (Wildman–Crippen LogP) is 4.60. The number of aryl methyl sites for hydroxylation is 1. The highest BCUT2D eigenvalue weighted by molar-refractivity contribution is 9.10. The molecule has 0 aliphatic heterocycles. The van der Waals surface area contributed by atoms with Crippen LogP contribution in [0.1, 0.15) is 29.7 Å². The maximum absolute atomic E-state index is 13.5. The Morgan fingerprint density at radius 3 is 2.58 bits per heavy atom. The Morgan fingerprint density at radius 2 is 1.89 bits per heavy atom. The van der Waals surface area contributed by atoms with Gasteiger partial charge in [-0.05, 0) is 48.4 Å². The van der Waals surface area contributed by atoms with Crippen LogP contribution in [-0.2, 0) is 0 Å². The fraction of sp³-hybridized carbons (Fsp3) is 0.250. The summed E-state index contributed by atoms with van der Waals surface area (Å²) < 4.78 is 14.4. The van der Waals surface area contributed by atoms with E-state index in [1.165, 1.54) is 17.2 Å². The molecule has 0 fully saturated rings. The van der Waals surface area contributed by atoms with E-state index in [9.17, 15) is 4.39 Å². The monoisotopic (exact) mass is 321 g/mol. The van der Waals surface area contributed by atoms with Gasteiger partial charge >= 0.3 is 0 Å². The van der Waals surface area contributed by atoms with E-state index in [1.54, 1.807) is 12.1 Å². The average molecular weight is 322 g/mol. The Kier molecular flexibility index (Phi) is 4.72. The molecule has 0 aliphatic carbocycles. The fourth-order valence-corrected chi connectivity index (χ4v) is 2.71. The highest BCUT2D eigenvalue weighted by atomic mass is 79.9. The lowest BCUT2D eigenvalue weighted by molar-refractivity contribution is 0.600. The molecule has 3 heteroatoms. The molecule has 0 spiro atoms. The molecule has 0 aromatic heterocycles. The molecule has 0 amide bonds. The molecule has 0 heterocycles. The van der Waals surface area contributed by atoms with Gasteiger partial charge in [0.1, 0.15) is 5.82 Å². The third kappa shape index (κ3) is 3.23. The van der Waals surface area contributed by atoms with E-state index in [2.05, 4.69) is 47.2 Å². The third-order valence-electron chi connectivity index (χ3n) is 3.18. The molecular weight excluding hydrogens is 305 g/mol. The van der Waals surface area contributed by atoms with Crippen molar-refractivity contribution < 1.29 is 4.39 Å². The minimum absolute atomic E-state index is 0.00345. The SMILES string of the molecule is CCNC(c1ccccc1C)c1cc(F)ccc1Br. The topological polar surface area (TPSA) is 12.0 Å². The zero-order chi connectivity index (χ0) is 13.8. The van der Waals surface area contributed by atoms with Crippen molar-refractivity contribution in [1.29, 1.82) is 0 Å². The molecule has 0 saturated heterocycles. The van der Waals surface area contributed by atoms with Gasteiger partial charge in [0, 0.05) is 4.47 Å². The quantitative estimate of drug-likeness (QED) is 0.868. The van der Waals surface area contributed by atoms with Crippen molar-refractivity contribution in [3.8, 4) is 0 Å². The molecule has 2 aromatic carbocycles. The highest BCUT2D eigenvalue weighted by Gasteiger charge is 2.17. The van der Waals surface area contributed by atoms with Crippen LogP contribution in [0.15, 0.2) is 46.9 Å². The van der Waals surface area contributed by atoms with Crippen LogP contribution in [0.3, 0.4) is 0 Å². The van der Waals surface area contributed by atoms with Gasteiger partial charge in [0.2, 0.25) is 0 Å². The lowest BCUT2D eigenvalue weighted by atomic mass is 9.95. The van der Waals surface area contributed by atoms with Gasteiger partial charge in [-0.25, -0.2) is 4.39 Å². The van der Waals surface area contributed by atoms with Crippen molar-refractivity contribution in [2.75, 3.05) is 6.54 Å². The summed E-state index contributed by atoms with van der Waals surface area (Å²) in [7, 11) is 0. The lowest BCUT2D eigenvalue weighted by Gasteiger charge is -2.22. The zero-order valence-corrected chi connectivity index (χ0v) is 12.7. The minimum atomic E-state index is -0.213. The van der Waals surface area contributed by atoms with Crippen molar-refractivity contribution in [2.24, 2.45) is 0 Å². The van der Waals surface area contributed by atoms with Gasteiger partial charge in [-0.1, -0.05) is 47.1 Å². The largest absolute Gasteiger partial charge is 0.306 e. The van der Waals surface area contributed by atoms with Gasteiger partial charge in [-0.15, -0.1) is 0 Å². The van der Waals surface area contributed by atoms with E-state index < -0.39 is 0 Å². The summed E-state index contributed by atoms with van der Waals surface area (Å²) >= 11 is 3.52. The molecule has 0 bridgehead atoms. The van der Waals surface area contributed by atoms with Crippen molar-refractivity contribution in [3.63, 3.8) is 0 Å². The van der Waals surface area contributed by atoms with Crippen LogP contribution >= 0.6 is 15.9 Å². The first-order valence-corrected chi connectivity index (χ1v) is 7.16. The zero-order valence-electron chi connectivity index (χ0n) is 11.1. The number of halogens is 2. The Morgan fingerprint density at radius 1 is 1.16 bits per heavy atom. The minimum Gasteiger partial charge on any atom is -0.306 e. The summed E-state index contributed by atoms with van der Waals surface area (Å²) in [6.07, 6.45) is 0. The van der Waals surface area contributed by atoms with E-state index in [1.807, 2.05) is 12.1 Å². The highest BCUT2D eigenvalue weighted by Crippen LogP contribution is 2.30. The molecule has 1 unspecified atom stereocenters. The van der Waals surface area contributed by atoms with E-state index in [-0.39, 0.29) is 11.9 Å². The number of nitrogens with one attached hydrogen (secondary N) is 1. The lowest BCUT2D eigenvalue weighted by Crippen LogP contribution is -2.23. The van der Waals surface area contributed by atoms with E-state index in [0.717, 1.165) is 16.6 Å². The molecule has 0 aliphatic rings. The van der Waals surface area contributed by atoms with E-state index in [0.29, 0.717) is 0 Å². The first-order chi connectivity index (χ1) is 9.13. The summed E-state index contributed by atoms with van der Waals surface area (Å²) in [4.78, 5) is 0. The van der Waals surface area contributed by atoms with Gasteiger partial charge in [-0.2, -0.15) is 0 Å². The summed E-state index contributed by atoms with van der Waals surface area (Å²) in [5, 5.41) is 3.43. The third-order valence-corrected chi connectivity index (χ3v) is 3.90. The Hall–Kier alpha value is -1.19. The fourth-order valence-electron chi connectivity index (χ4n) is 2.24. The van der Waals surface area contributed by atoms with Crippen LogP contribution < -0.4 is 5.32 Å². The number of benzene rings is 2. The smallest absolute Gasteiger partial charge is 0.123 e. The van der Waals surface area contributed by atoms with Crippen molar-refractivity contribution in [2.45, 2.75) is 19.9 Å². The molecule has 0 saturated carbocycles. The first-order valence-electron chi connectivity index (χ1n) is 6.37. The van der Waals surface area contributed by atoms with Crippen LogP contribution in [0.4, 0.5) is 4.39 Å². The van der Waals surface area contributed by atoms with Crippen LogP contribution in [0.2, 0.25) is 0 Å². The van der Waals surface area contributed by atoms with Crippen molar-refractivity contribution >= 4 is 15.9 Å². The second-order valence-electron chi connectivity index (χ2n) is 4.51. The molecule has 2 aromatic rings. The maximum Gasteiger partial charge on any atom is 0.123 e. The van der Waals surface area contributed by atoms with Gasteiger partial charge in [-0.3, -0.25) is 0 Å². The molecule has 0 radical (unpaired) electrons. The van der Waals surface area contributed by atoms with Crippen LogP contribution in [-0.4, -0.2) is 6.54 Å². The molecular formula is C16H17BrFN. The summed E-state index contributed by atoms with van der Waals surface area (Å²) in [5.41, 5.74) is 3.30. The van der Waals surface area contributed by atoms with Crippen LogP contribution in [0.5, 0.6) is 0 Å². The Bertz CT molecular complexity index is 568. The number of hydrogen-bond acceptors (Lipinski definition) is 1. The normalized spacial score (nSPS) is 12.4. The van der Waals surface area contributed by atoms with Crippen molar-refractivity contribution in [1.82, 2.24) is 5.32 Å². The average Bonchev–Trinajstić information content (AvgIpc) is 2.40. The van der Waals surface area contributed by atoms with E-state index >= 15 is 0 Å². The second-order valence-corrected chi connectivity index (χ2v) is 5.37. The Labute approximate surface area is 122 Å². The van der Waals surface area contributed by atoms with Gasteiger partial charge in [0.25, 0.3) is 0 Å². The summed E-state index contributed by atoms with van der Waals surface area (Å²) in [5.74, 6) is -0.213. The molecule has 1 N–H and O–H groups in total. The van der Waals surface area contributed by atoms with E-state index in [4.69, 9.17) is 0 Å². The van der Waals surface area contributed by atoms with Gasteiger partial charge in [0.05, 0.1) is 6.04 Å². The predicted molar refractivity (Wildman–Crippen MR) is 80.8 cm³/mol. The standard InChI is InChI=1S/C16H17BrFN/c1-3-19-16(13-7-5-4-6-11(13)2)14-10-12(18)8-9-15(14)17/h4-10,16,19H,3H2,1-2H3. The Balaban J connectivity index is 2.51. The number of rotatable bonds is 4. The molecule has 1 nitrogen and oxygen atoms in total. The van der Waals surface area contributed by atoms with Gasteiger partial charge < -0.3 is 5.32 Å². The second kappa shape index (κ2) is 6.31. The van der Waals surface area contributed by atoms with Crippen LogP contribution in [0, 0.1) is 12.7 Å². The molecule has 2 rings (SSSR count). The summed E-state index contributed by atoms with van der Waals surface area (Å²) in [6.45, 7) is 4.95. The molecule has 1 atom stereocenters. The van der Waals surface area contributed by atoms with Crippen LogP contribution in [0.25, 0.3) is 0 Å². The first kappa shape index (κ1) is 14.2. The van der Waals surface area contributed by atoms with Gasteiger partial charge in [0.15, 0.2) is 0 Å². The number of hydrogen-bond donors (Lipinski definition) is 1. The maximum atomic E-state index is 13.5. The van der Waals surface area contributed by atoms with Crippen molar-refractivity contribution in [3.05, 3.63) is 69.4 Å². The molecule has 19 heavy (non-hydrogen) atoms.